The van der Waals surface area contributed by atoms with Crippen LogP contribution in [0.5, 0.6) is 23.0 Å². The van der Waals surface area contributed by atoms with Crippen LogP contribution in [0.15, 0.2) is 120 Å². The van der Waals surface area contributed by atoms with Crippen LogP contribution in [0.1, 0.15) is 89.1 Å². The van der Waals surface area contributed by atoms with Gasteiger partial charge in [-0.2, -0.15) is 0 Å². The molecule has 10 rings (SSSR count). The van der Waals surface area contributed by atoms with E-state index in [-0.39, 0.29) is 74.6 Å². The Labute approximate surface area is 493 Å². The molecule has 6 aromatic carbocycles. The number of anilines is 5. The fraction of sp³-hybridized carbons (Fsp3) is 0.328. The summed E-state index contributed by atoms with van der Waals surface area (Å²) in [4.78, 5) is 88.7. The number of carbonyl (C=O) groups is 6. The highest BCUT2D eigenvalue weighted by atomic mass is 16.5. The number of ether oxygens (including phenoxy) is 5. The number of fused-ring (bicyclic) bond motifs is 8. The second kappa shape index (κ2) is 25.9. The van der Waals surface area contributed by atoms with E-state index in [4.69, 9.17) is 34.4 Å². The first-order valence-corrected chi connectivity index (χ1v) is 28.4. The maximum atomic E-state index is 14.2. The van der Waals surface area contributed by atoms with Crippen molar-refractivity contribution in [3.05, 3.63) is 154 Å². The van der Waals surface area contributed by atoms with Crippen LogP contribution in [0, 0.1) is 5.92 Å². The third kappa shape index (κ3) is 13.4. The van der Waals surface area contributed by atoms with Crippen LogP contribution < -0.4 is 66.4 Å². The topological polar surface area (TPSA) is 266 Å². The molecule has 4 heterocycles. The van der Waals surface area contributed by atoms with Crippen molar-refractivity contribution >= 4 is 76.1 Å². The van der Waals surface area contributed by atoms with Gasteiger partial charge in [-0.05, 0) is 108 Å². The number of hydrogen-bond acceptors (Lipinski definition) is 14. The van der Waals surface area contributed by atoms with E-state index in [0.29, 0.717) is 93.0 Å². The van der Waals surface area contributed by atoms with Crippen molar-refractivity contribution in [2.75, 3.05) is 53.1 Å². The van der Waals surface area contributed by atoms with Gasteiger partial charge in [-0.3, -0.25) is 34.4 Å². The zero-order valence-corrected chi connectivity index (χ0v) is 48.3. The van der Waals surface area contributed by atoms with Gasteiger partial charge >= 0.3 is 12.1 Å². The Balaban J connectivity index is 0.843. The fourth-order valence-electron chi connectivity index (χ4n) is 11.1. The number of hydrogen-bond donors (Lipinski definition) is 7. The third-order valence-electron chi connectivity index (χ3n) is 15.2. The molecule has 0 unspecified atom stereocenters. The van der Waals surface area contributed by atoms with Gasteiger partial charge in [-0.15, -0.1) is 0 Å². The molecule has 442 valence electrons. The SMILES string of the molecule is COc1cc2c(cc1OCc1cc(COc3cc4c(cc3OC)C(=O)N3c5ccccc5C[C@H]3CN4)cc(NC(=O)OCc3ccc(NC(=O)[C@H](CCCNC(N)=O)NC(=O)[C@@H](NC(C)C)C(C)C)cc3)c1)N=C[C@@H]1Cc3ccccc3N1C2=O. The molecule has 0 radical (unpaired) electrons. The number of methoxy groups -OCH3 is 2. The predicted octanol–water partition coefficient (Wildman–Crippen LogP) is 8.79. The Morgan fingerprint density at radius 1 is 0.682 bits per heavy atom. The number of amides is 7. The summed E-state index contributed by atoms with van der Waals surface area (Å²) in [5.74, 6) is 0.236. The first-order chi connectivity index (χ1) is 41.0. The summed E-state index contributed by atoms with van der Waals surface area (Å²) in [6.07, 6.45) is 3.01. The molecule has 21 nitrogen and oxygen atoms in total. The number of benzene rings is 6. The van der Waals surface area contributed by atoms with Crippen LogP contribution in [0.3, 0.4) is 0 Å². The van der Waals surface area contributed by atoms with Crippen molar-refractivity contribution in [3.8, 4) is 23.0 Å². The average Bonchev–Trinajstić information content (AvgIpc) is 1.90. The summed E-state index contributed by atoms with van der Waals surface area (Å²) in [6, 6.07) is 32.2. The van der Waals surface area contributed by atoms with Crippen molar-refractivity contribution in [1.29, 1.82) is 0 Å². The Kier molecular flexibility index (Phi) is 17.8. The normalized spacial score (nSPS) is 16.0. The average molecular weight is 1160 g/mol. The standard InChI is InChI=1S/C64H70N10O11/c1-36(2)58(69-37(3)4)60(76)72-49(14-11-21-66-63(65)79)59(75)70-43-19-17-38(18-20-43)33-85-64(80)71-44-23-39(34-83-56-29-50-47(27-54(56)81-5)61(77)73-45(31-67-50)25-41-12-7-9-15-52(41)73)22-40(24-44)35-84-57-30-51-48(28-55(57)82-6)62(78)74-46(32-68-51)26-42-13-8-10-16-53(42)74/h7-10,12-13,15-20,22-24,27-31,36-37,45-46,49,58,68-69H,11,14,21,25-26,32-35H2,1-6H3,(H,70,75)(H,71,80)(H,72,76)(H3,65,66,79)/t45-,46-,49-,58-/m0/s1. The molecule has 0 saturated carbocycles. The molecule has 21 heteroatoms. The van der Waals surface area contributed by atoms with Gasteiger partial charge in [0.25, 0.3) is 11.8 Å². The van der Waals surface area contributed by atoms with Crippen molar-refractivity contribution < 1.29 is 52.5 Å². The first-order valence-electron chi connectivity index (χ1n) is 28.4. The molecule has 0 aromatic heterocycles. The van der Waals surface area contributed by atoms with Crippen molar-refractivity contribution in [2.24, 2.45) is 16.6 Å². The van der Waals surface area contributed by atoms with Crippen LogP contribution >= 0.6 is 0 Å². The molecule has 4 aliphatic heterocycles. The highest BCUT2D eigenvalue weighted by molar-refractivity contribution is 6.15. The van der Waals surface area contributed by atoms with E-state index in [0.717, 1.165) is 28.9 Å². The molecule has 0 fully saturated rings. The summed E-state index contributed by atoms with van der Waals surface area (Å²) >= 11 is 0. The van der Waals surface area contributed by atoms with Crippen LogP contribution in [0.2, 0.25) is 0 Å². The van der Waals surface area contributed by atoms with E-state index in [9.17, 15) is 28.8 Å². The quantitative estimate of drug-likeness (QED) is 0.0314. The minimum absolute atomic E-state index is 0.00111. The molecule has 0 spiro atoms. The maximum Gasteiger partial charge on any atom is 0.411 e. The van der Waals surface area contributed by atoms with E-state index in [1.165, 1.54) is 14.2 Å². The number of nitrogens with two attached hydrogens (primary N) is 1. The zero-order valence-electron chi connectivity index (χ0n) is 48.3. The summed E-state index contributed by atoms with van der Waals surface area (Å²) in [5, 5.41) is 17.9. The van der Waals surface area contributed by atoms with E-state index in [1.54, 1.807) is 71.8 Å². The number of para-hydroxylation sites is 2. The highest BCUT2D eigenvalue weighted by Gasteiger charge is 2.39. The molecule has 4 aliphatic rings. The van der Waals surface area contributed by atoms with E-state index < -0.39 is 30.1 Å². The second-order valence-electron chi connectivity index (χ2n) is 22.0. The fourth-order valence-corrected chi connectivity index (χ4v) is 11.1. The van der Waals surface area contributed by atoms with Gasteiger partial charge in [0, 0.05) is 66.6 Å². The van der Waals surface area contributed by atoms with Crippen molar-refractivity contribution in [2.45, 2.75) is 103 Å². The minimum atomic E-state index is -0.921. The molecule has 0 bridgehead atoms. The molecule has 4 atom stereocenters. The Bertz CT molecular complexity index is 3550. The van der Waals surface area contributed by atoms with E-state index >= 15 is 0 Å². The van der Waals surface area contributed by atoms with Gasteiger partial charge in [0.05, 0.1) is 54.8 Å². The third-order valence-corrected chi connectivity index (χ3v) is 15.2. The Morgan fingerprint density at radius 3 is 1.98 bits per heavy atom. The van der Waals surface area contributed by atoms with Crippen LogP contribution in [0.4, 0.5) is 43.7 Å². The van der Waals surface area contributed by atoms with Gasteiger partial charge < -0.3 is 60.9 Å². The van der Waals surface area contributed by atoms with Crippen LogP contribution in [-0.4, -0.2) is 99.5 Å². The lowest BCUT2D eigenvalue weighted by atomic mass is 10.0. The van der Waals surface area contributed by atoms with Gasteiger partial charge in [0.15, 0.2) is 23.0 Å². The van der Waals surface area contributed by atoms with Gasteiger partial charge in [-0.25, -0.2) is 9.59 Å². The zero-order chi connectivity index (χ0) is 59.9. The highest BCUT2D eigenvalue weighted by Crippen LogP contribution is 2.43. The summed E-state index contributed by atoms with van der Waals surface area (Å²) in [6.45, 7) is 8.32. The van der Waals surface area contributed by atoms with Gasteiger partial charge in [0.1, 0.15) is 25.9 Å². The predicted molar refractivity (Wildman–Crippen MR) is 324 cm³/mol. The molecular weight excluding hydrogens is 1080 g/mol. The first kappa shape index (κ1) is 58.6. The molecule has 0 aliphatic carbocycles. The number of rotatable bonds is 22. The van der Waals surface area contributed by atoms with Gasteiger partial charge in [0.2, 0.25) is 11.8 Å². The van der Waals surface area contributed by atoms with E-state index in [2.05, 4.69) is 31.9 Å². The van der Waals surface area contributed by atoms with Crippen LogP contribution in [-0.2, 0) is 47.0 Å². The number of carbonyl (C=O) groups excluding carboxylic acids is 6. The molecule has 8 N–H and O–H groups in total. The summed E-state index contributed by atoms with van der Waals surface area (Å²) in [7, 11) is 3.02. The van der Waals surface area contributed by atoms with Gasteiger partial charge in [-0.1, -0.05) is 76.2 Å². The van der Waals surface area contributed by atoms with Crippen LogP contribution in [0.25, 0.3) is 0 Å². The number of nitrogens with zero attached hydrogens (tertiary/aromatic N) is 3. The molecule has 85 heavy (non-hydrogen) atoms. The molecule has 6 aromatic rings. The maximum absolute atomic E-state index is 14.2. The van der Waals surface area contributed by atoms with Crippen molar-refractivity contribution in [3.63, 3.8) is 0 Å². The second-order valence-corrected chi connectivity index (χ2v) is 22.0. The molecule has 7 amide bonds. The lowest BCUT2D eigenvalue weighted by molar-refractivity contribution is -0.129. The lowest BCUT2D eigenvalue weighted by Crippen LogP contribution is -2.54. The molecular formula is C64H70N10O11. The van der Waals surface area contributed by atoms with Crippen molar-refractivity contribution in [1.82, 2.24) is 16.0 Å². The monoisotopic (exact) mass is 1150 g/mol. The Hall–Kier alpha value is -9.63. The number of urea groups is 1. The Morgan fingerprint density at radius 2 is 1.32 bits per heavy atom. The molecule has 0 saturated heterocycles. The number of aliphatic imine (C=N–C) groups is 1. The minimum Gasteiger partial charge on any atom is -0.493 e. The largest absolute Gasteiger partial charge is 0.493 e. The number of primary amides is 1. The summed E-state index contributed by atoms with van der Waals surface area (Å²) < 4.78 is 30.2. The smallest absolute Gasteiger partial charge is 0.411 e. The lowest BCUT2D eigenvalue weighted by Gasteiger charge is -2.27. The van der Waals surface area contributed by atoms with E-state index in [1.807, 2.05) is 87.2 Å². The summed E-state index contributed by atoms with van der Waals surface area (Å²) in [5.41, 5.74) is 13.7. The number of nitrogens with one attached hydrogen (secondary N) is 6.